The highest BCUT2D eigenvalue weighted by molar-refractivity contribution is 5.86. The molecule has 0 saturated heterocycles. The molecule has 0 heterocycles. The molecule has 2 atom stereocenters. The second kappa shape index (κ2) is 3.42. The van der Waals surface area contributed by atoms with Crippen LogP contribution in [0.25, 0.3) is 0 Å². The van der Waals surface area contributed by atoms with E-state index in [2.05, 4.69) is 26.8 Å². The number of carbonyl (C=O) groups excluding carboxylic acids is 1. The summed E-state index contributed by atoms with van der Waals surface area (Å²) in [6.45, 7) is 8.39. The number of rotatable bonds is 1. The van der Waals surface area contributed by atoms with E-state index < -0.39 is 0 Å². The summed E-state index contributed by atoms with van der Waals surface area (Å²) >= 11 is 0. The van der Waals surface area contributed by atoms with Gasteiger partial charge in [0.1, 0.15) is 5.78 Å². The number of ketones is 1. The van der Waals surface area contributed by atoms with Crippen LogP contribution in [0.15, 0.2) is 11.6 Å². The summed E-state index contributed by atoms with van der Waals surface area (Å²) < 4.78 is 0. The highest BCUT2D eigenvalue weighted by Crippen LogP contribution is 2.29. The van der Waals surface area contributed by atoms with Crippen molar-refractivity contribution in [3.05, 3.63) is 11.6 Å². The average Bonchev–Trinajstić information content (AvgIpc) is 1.96. The van der Waals surface area contributed by atoms with Gasteiger partial charge in [0.15, 0.2) is 0 Å². The van der Waals surface area contributed by atoms with Gasteiger partial charge in [-0.2, -0.15) is 0 Å². The van der Waals surface area contributed by atoms with Gasteiger partial charge in [-0.25, -0.2) is 0 Å². The molecule has 0 aromatic carbocycles. The predicted molar refractivity (Wildman–Crippen MR) is 50.9 cm³/mol. The second-order valence-electron chi connectivity index (χ2n) is 4.26. The van der Waals surface area contributed by atoms with Crippen LogP contribution in [0.3, 0.4) is 0 Å². The molecule has 12 heavy (non-hydrogen) atoms. The van der Waals surface area contributed by atoms with E-state index in [0.717, 1.165) is 6.42 Å². The van der Waals surface area contributed by atoms with Crippen LogP contribution in [-0.2, 0) is 4.79 Å². The maximum absolute atomic E-state index is 11.7. The van der Waals surface area contributed by atoms with Crippen LogP contribution in [-0.4, -0.2) is 5.78 Å². The fourth-order valence-electron chi connectivity index (χ4n) is 1.93. The van der Waals surface area contributed by atoms with Crippen molar-refractivity contribution in [2.45, 2.75) is 34.1 Å². The van der Waals surface area contributed by atoms with Gasteiger partial charge in [-0.05, 0) is 19.3 Å². The van der Waals surface area contributed by atoms with Crippen LogP contribution in [0.1, 0.15) is 34.1 Å². The summed E-state index contributed by atoms with van der Waals surface area (Å²) in [6.07, 6.45) is 3.07. The topological polar surface area (TPSA) is 17.1 Å². The van der Waals surface area contributed by atoms with Gasteiger partial charge in [0, 0.05) is 11.8 Å². The lowest BCUT2D eigenvalue weighted by molar-refractivity contribution is -0.126. The first-order chi connectivity index (χ1) is 5.52. The van der Waals surface area contributed by atoms with Crippen molar-refractivity contribution >= 4 is 5.78 Å². The Morgan fingerprint density at radius 3 is 2.58 bits per heavy atom. The first-order valence-corrected chi connectivity index (χ1v) is 4.73. The van der Waals surface area contributed by atoms with Crippen LogP contribution in [0.4, 0.5) is 0 Å². The lowest BCUT2D eigenvalue weighted by Gasteiger charge is -2.26. The molecule has 1 nitrogen and oxygen atoms in total. The Morgan fingerprint density at radius 1 is 1.50 bits per heavy atom. The highest BCUT2D eigenvalue weighted by atomic mass is 16.1. The van der Waals surface area contributed by atoms with Crippen molar-refractivity contribution in [2.24, 2.45) is 17.8 Å². The predicted octanol–water partition coefficient (Wildman–Crippen LogP) is 2.81. The molecule has 1 aliphatic carbocycles. The fourth-order valence-corrected chi connectivity index (χ4v) is 1.93. The quantitative estimate of drug-likeness (QED) is 0.547. The second-order valence-corrected chi connectivity index (χ2v) is 4.26. The van der Waals surface area contributed by atoms with E-state index in [4.69, 9.17) is 0 Å². The van der Waals surface area contributed by atoms with Gasteiger partial charge in [-0.15, -0.1) is 0 Å². The lowest BCUT2D eigenvalue weighted by atomic mass is 9.77. The Kier molecular flexibility index (Phi) is 2.71. The van der Waals surface area contributed by atoms with Crippen molar-refractivity contribution in [3.63, 3.8) is 0 Å². The van der Waals surface area contributed by atoms with E-state index in [0.29, 0.717) is 11.7 Å². The van der Waals surface area contributed by atoms with E-state index in [1.54, 1.807) is 0 Å². The normalized spacial score (nSPS) is 30.8. The Hall–Kier alpha value is -0.590. The van der Waals surface area contributed by atoms with E-state index in [-0.39, 0.29) is 11.8 Å². The van der Waals surface area contributed by atoms with E-state index >= 15 is 0 Å². The highest BCUT2D eigenvalue weighted by Gasteiger charge is 2.29. The van der Waals surface area contributed by atoms with Crippen molar-refractivity contribution in [1.82, 2.24) is 0 Å². The zero-order valence-electron chi connectivity index (χ0n) is 8.42. The van der Waals surface area contributed by atoms with E-state index in [1.165, 1.54) is 5.57 Å². The molecule has 0 amide bonds. The minimum atomic E-state index is 0.145. The summed E-state index contributed by atoms with van der Waals surface area (Å²) in [5.74, 6) is 1.33. The molecule has 0 saturated carbocycles. The molecule has 0 radical (unpaired) electrons. The Labute approximate surface area is 74.9 Å². The Bertz CT molecular complexity index is 213. The number of allylic oxidation sites excluding steroid dienone is 2. The first kappa shape index (κ1) is 9.50. The summed E-state index contributed by atoms with van der Waals surface area (Å²) in [5, 5.41) is 0. The van der Waals surface area contributed by atoms with Crippen molar-refractivity contribution in [3.8, 4) is 0 Å². The molecule has 68 valence electrons. The molecule has 0 aromatic rings. The van der Waals surface area contributed by atoms with Gasteiger partial charge in [-0.1, -0.05) is 32.4 Å². The van der Waals surface area contributed by atoms with Gasteiger partial charge < -0.3 is 0 Å². The minimum Gasteiger partial charge on any atom is -0.299 e. The van der Waals surface area contributed by atoms with Crippen molar-refractivity contribution in [2.75, 3.05) is 0 Å². The lowest BCUT2D eigenvalue weighted by Crippen LogP contribution is -2.28. The van der Waals surface area contributed by atoms with Crippen molar-refractivity contribution in [1.29, 1.82) is 0 Å². The molecule has 2 unspecified atom stereocenters. The van der Waals surface area contributed by atoms with Gasteiger partial charge >= 0.3 is 0 Å². The van der Waals surface area contributed by atoms with Crippen LogP contribution < -0.4 is 0 Å². The molecule has 0 fully saturated rings. The fraction of sp³-hybridized carbons (Fsp3) is 0.727. The molecular formula is C11H18O. The van der Waals surface area contributed by atoms with Crippen LogP contribution >= 0.6 is 0 Å². The van der Waals surface area contributed by atoms with E-state index in [1.807, 2.05) is 6.92 Å². The molecule has 1 heteroatoms. The van der Waals surface area contributed by atoms with Crippen LogP contribution in [0, 0.1) is 17.8 Å². The third-order valence-electron chi connectivity index (χ3n) is 2.70. The number of hydrogen-bond donors (Lipinski definition) is 0. The zero-order chi connectivity index (χ0) is 9.30. The maximum Gasteiger partial charge on any atom is 0.143 e. The monoisotopic (exact) mass is 166 g/mol. The van der Waals surface area contributed by atoms with Gasteiger partial charge in [0.25, 0.3) is 0 Å². The molecule has 0 aliphatic heterocycles. The molecule has 0 bridgehead atoms. The van der Waals surface area contributed by atoms with Crippen LogP contribution in [0.2, 0.25) is 0 Å². The number of hydrogen-bond acceptors (Lipinski definition) is 1. The summed E-state index contributed by atoms with van der Waals surface area (Å²) in [6, 6.07) is 0. The molecule has 1 aliphatic rings. The average molecular weight is 166 g/mol. The Balaban J connectivity index is 2.81. The van der Waals surface area contributed by atoms with Crippen LogP contribution in [0.5, 0.6) is 0 Å². The standard InChI is InChI=1S/C11H18O/c1-7(2)10-6-8(3)5-9(4)11(10)12/h5,7,9-10H,6H2,1-4H3. The maximum atomic E-state index is 11.7. The SMILES string of the molecule is CC1=CC(C)C(=O)C(C(C)C)C1. The number of carbonyl (C=O) groups is 1. The summed E-state index contributed by atoms with van der Waals surface area (Å²) in [4.78, 5) is 11.7. The molecule has 1 rings (SSSR count). The molecule has 0 spiro atoms. The molecule has 0 aromatic heterocycles. The summed E-state index contributed by atoms with van der Waals surface area (Å²) in [7, 11) is 0. The van der Waals surface area contributed by atoms with Gasteiger partial charge in [0.2, 0.25) is 0 Å². The zero-order valence-corrected chi connectivity index (χ0v) is 8.42. The molecular weight excluding hydrogens is 148 g/mol. The third kappa shape index (κ3) is 1.77. The smallest absolute Gasteiger partial charge is 0.143 e. The molecule has 0 N–H and O–H groups in total. The van der Waals surface area contributed by atoms with Gasteiger partial charge in [-0.3, -0.25) is 4.79 Å². The first-order valence-electron chi connectivity index (χ1n) is 4.73. The third-order valence-corrected chi connectivity index (χ3v) is 2.70. The largest absolute Gasteiger partial charge is 0.299 e. The number of Topliss-reactive ketones (excluding diaryl/α,β-unsaturated/α-hetero) is 1. The van der Waals surface area contributed by atoms with Crippen molar-refractivity contribution < 1.29 is 4.79 Å². The minimum absolute atomic E-state index is 0.145. The Morgan fingerprint density at radius 2 is 2.08 bits per heavy atom. The van der Waals surface area contributed by atoms with E-state index in [9.17, 15) is 4.79 Å². The summed E-state index contributed by atoms with van der Waals surface area (Å²) in [5.41, 5.74) is 1.38. The van der Waals surface area contributed by atoms with Gasteiger partial charge in [0.05, 0.1) is 0 Å².